The van der Waals surface area contributed by atoms with Crippen LogP contribution in [0.1, 0.15) is 39.3 Å². The number of hydrogen-bond acceptors (Lipinski definition) is 2. The SMILES string of the molecule is CC(N(C)CC(N)c1cccc2ccccc12)C(C)(C)C. The molecule has 2 aromatic rings. The molecule has 0 saturated heterocycles. The van der Waals surface area contributed by atoms with Gasteiger partial charge >= 0.3 is 0 Å². The normalized spacial score (nSPS) is 15.4. The molecule has 0 saturated carbocycles. The summed E-state index contributed by atoms with van der Waals surface area (Å²) in [5, 5.41) is 2.53. The van der Waals surface area contributed by atoms with E-state index in [2.05, 4.69) is 82.1 Å². The zero-order chi connectivity index (χ0) is 15.6. The van der Waals surface area contributed by atoms with Crippen LogP contribution < -0.4 is 5.73 Å². The highest BCUT2D eigenvalue weighted by Gasteiger charge is 2.25. The maximum Gasteiger partial charge on any atom is 0.0430 e. The Morgan fingerprint density at radius 3 is 2.33 bits per heavy atom. The van der Waals surface area contributed by atoms with Crippen LogP contribution in [0.3, 0.4) is 0 Å². The maximum atomic E-state index is 6.50. The Kier molecular flexibility index (Phi) is 4.70. The standard InChI is InChI=1S/C19H28N2/c1-14(19(2,3)4)21(5)13-18(20)17-12-8-10-15-9-6-7-11-16(15)17/h6-12,14,18H,13,20H2,1-5H3. The lowest BCUT2D eigenvalue weighted by molar-refractivity contribution is 0.134. The van der Waals surface area contributed by atoms with Gasteiger partial charge in [-0.05, 0) is 35.7 Å². The summed E-state index contributed by atoms with van der Waals surface area (Å²) in [5.74, 6) is 0. The number of likely N-dealkylation sites (N-methyl/N-ethyl adjacent to an activating group) is 1. The summed E-state index contributed by atoms with van der Waals surface area (Å²) in [5.41, 5.74) is 8.00. The first-order valence-corrected chi connectivity index (χ1v) is 7.74. The molecule has 0 aromatic heterocycles. The number of nitrogens with two attached hydrogens (primary N) is 1. The van der Waals surface area contributed by atoms with Crippen LogP contribution in [0.5, 0.6) is 0 Å². The molecule has 114 valence electrons. The minimum absolute atomic E-state index is 0.0332. The lowest BCUT2D eigenvalue weighted by Crippen LogP contribution is -2.42. The topological polar surface area (TPSA) is 29.3 Å². The molecule has 2 rings (SSSR count). The smallest absolute Gasteiger partial charge is 0.0430 e. The van der Waals surface area contributed by atoms with Gasteiger partial charge in [-0.15, -0.1) is 0 Å². The quantitative estimate of drug-likeness (QED) is 0.911. The summed E-state index contributed by atoms with van der Waals surface area (Å²) in [7, 11) is 2.17. The van der Waals surface area contributed by atoms with E-state index in [4.69, 9.17) is 5.73 Å². The van der Waals surface area contributed by atoms with Gasteiger partial charge in [-0.3, -0.25) is 0 Å². The first-order chi connectivity index (χ1) is 9.80. The van der Waals surface area contributed by atoms with Gasteiger partial charge in [0, 0.05) is 18.6 Å². The molecule has 0 spiro atoms. The zero-order valence-electron chi connectivity index (χ0n) is 13.9. The van der Waals surface area contributed by atoms with Crippen molar-refractivity contribution in [3.63, 3.8) is 0 Å². The molecule has 0 aliphatic rings. The van der Waals surface area contributed by atoms with Crippen molar-refractivity contribution in [2.45, 2.75) is 39.8 Å². The van der Waals surface area contributed by atoms with Crippen LogP contribution in [0.2, 0.25) is 0 Å². The minimum atomic E-state index is 0.0332. The van der Waals surface area contributed by atoms with Gasteiger partial charge in [-0.1, -0.05) is 63.2 Å². The molecular weight excluding hydrogens is 256 g/mol. The summed E-state index contributed by atoms with van der Waals surface area (Å²) >= 11 is 0. The second-order valence-corrected chi connectivity index (χ2v) is 7.16. The van der Waals surface area contributed by atoms with Crippen LogP contribution in [0.25, 0.3) is 10.8 Å². The third kappa shape index (κ3) is 3.63. The van der Waals surface area contributed by atoms with Gasteiger partial charge in [-0.2, -0.15) is 0 Å². The van der Waals surface area contributed by atoms with E-state index in [-0.39, 0.29) is 11.5 Å². The van der Waals surface area contributed by atoms with E-state index in [9.17, 15) is 0 Å². The molecule has 2 nitrogen and oxygen atoms in total. The fraction of sp³-hybridized carbons (Fsp3) is 0.474. The van der Waals surface area contributed by atoms with E-state index in [0.717, 1.165) is 6.54 Å². The Hall–Kier alpha value is -1.38. The van der Waals surface area contributed by atoms with Gasteiger partial charge in [0.2, 0.25) is 0 Å². The van der Waals surface area contributed by atoms with E-state index >= 15 is 0 Å². The molecule has 0 aliphatic carbocycles. The second-order valence-electron chi connectivity index (χ2n) is 7.16. The molecule has 0 fully saturated rings. The van der Waals surface area contributed by atoms with E-state index in [1.165, 1.54) is 16.3 Å². The average molecular weight is 284 g/mol. The van der Waals surface area contributed by atoms with E-state index in [1.54, 1.807) is 0 Å². The third-order valence-electron chi connectivity index (χ3n) is 4.62. The third-order valence-corrected chi connectivity index (χ3v) is 4.62. The van der Waals surface area contributed by atoms with Crippen molar-refractivity contribution in [3.05, 3.63) is 48.0 Å². The fourth-order valence-corrected chi connectivity index (χ4v) is 2.80. The van der Waals surface area contributed by atoms with Gasteiger partial charge < -0.3 is 10.6 Å². The monoisotopic (exact) mass is 284 g/mol. The predicted octanol–water partition coefficient (Wildman–Crippen LogP) is 4.21. The summed E-state index contributed by atoms with van der Waals surface area (Å²) in [6.45, 7) is 9.97. The Morgan fingerprint density at radius 2 is 1.67 bits per heavy atom. The molecule has 2 heteroatoms. The average Bonchev–Trinajstić information content (AvgIpc) is 2.44. The minimum Gasteiger partial charge on any atom is -0.323 e. The van der Waals surface area contributed by atoms with E-state index in [0.29, 0.717) is 6.04 Å². The van der Waals surface area contributed by atoms with Crippen LogP contribution in [0, 0.1) is 5.41 Å². The molecule has 0 radical (unpaired) electrons. The zero-order valence-corrected chi connectivity index (χ0v) is 13.9. The van der Waals surface area contributed by atoms with Crippen LogP contribution in [-0.4, -0.2) is 24.5 Å². The Balaban J connectivity index is 2.21. The second kappa shape index (κ2) is 6.17. The van der Waals surface area contributed by atoms with Crippen molar-refractivity contribution in [3.8, 4) is 0 Å². The van der Waals surface area contributed by atoms with Gasteiger partial charge in [-0.25, -0.2) is 0 Å². The molecule has 2 atom stereocenters. The Labute approximate surface area is 128 Å². The molecule has 0 aliphatic heterocycles. The summed E-state index contributed by atoms with van der Waals surface area (Å²) in [6, 6.07) is 15.4. The highest BCUT2D eigenvalue weighted by molar-refractivity contribution is 5.86. The van der Waals surface area contributed by atoms with Crippen LogP contribution in [-0.2, 0) is 0 Å². The van der Waals surface area contributed by atoms with Crippen LogP contribution >= 0.6 is 0 Å². The maximum absolute atomic E-state index is 6.50. The van der Waals surface area contributed by atoms with Crippen molar-refractivity contribution in [2.24, 2.45) is 11.1 Å². The molecule has 0 bridgehead atoms. The van der Waals surface area contributed by atoms with Gasteiger partial charge in [0.25, 0.3) is 0 Å². The molecule has 0 amide bonds. The number of benzene rings is 2. The first kappa shape index (κ1) is 16.0. The highest BCUT2D eigenvalue weighted by atomic mass is 15.1. The van der Waals surface area contributed by atoms with E-state index < -0.39 is 0 Å². The molecule has 0 heterocycles. The lowest BCUT2D eigenvalue weighted by atomic mass is 9.86. The fourth-order valence-electron chi connectivity index (χ4n) is 2.80. The van der Waals surface area contributed by atoms with Gasteiger partial charge in [0.05, 0.1) is 0 Å². The number of fused-ring (bicyclic) bond motifs is 1. The molecular formula is C19H28N2. The summed E-state index contributed by atoms with van der Waals surface area (Å²) in [6.07, 6.45) is 0. The van der Waals surface area contributed by atoms with Gasteiger partial charge in [0.1, 0.15) is 0 Å². The van der Waals surface area contributed by atoms with Crippen molar-refractivity contribution in [1.29, 1.82) is 0 Å². The van der Waals surface area contributed by atoms with Gasteiger partial charge in [0.15, 0.2) is 0 Å². The molecule has 2 aromatic carbocycles. The Bertz CT molecular complexity index is 593. The summed E-state index contributed by atoms with van der Waals surface area (Å²) < 4.78 is 0. The lowest BCUT2D eigenvalue weighted by Gasteiger charge is -2.36. The summed E-state index contributed by atoms with van der Waals surface area (Å²) in [4.78, 5) is 2.37. The largest absolute Gasteiger partial charge is 0.323 e. The molecule has 2 N–H and O–H groups in total. The first-order valence-electron chi connectivity index (χ1n) is 7.74. The predicted molar refractivity (Wildman–Crippen MR) is 92.4 cm³/mol. The van der Waals surface area contributed by atoms with Crippen molar-refractivity contribution in [2.75, 3.05) is 13.6 Å². The van der Waals surface area contributed by atoms with Crippen molar-refractivity contribution < 1.29 is 0 Å². The van der Waals surface area contributed by atoms with Crippen LogP contribution in [0.4, 0.5) is 0 Å². The number of hydrogen-bond donors (Lipinski definition) is 1. The van der Waals surface area contributed by atoms with Crippen LogP contribution in [0.15, 0.2) is 42.5 Å². The molecule has 21 heavy (non-hydrogen) atoms. The highest BCUT2D eigenvalue weighted by Crippen LogP contribution is 2.27. The Morgan fingerprint density at radius 1 is 1.05 bits per heavy atom. The van der Waals surface area contributed by atoms with Crippen molar-refractivity contribution >= 4 is 10.8 Å². The molecule has 2 unspecified atom stereocenters. The van der Waals surface area contributed by atoms with E-state index in [1.807, 2.05) is 0 Å². The number of rotatable bonds is 4. The number of nitrogens with zero attached hydrogens (tertiary/aromatic N) is 1. The van der Waals surface area contributed by atoms with Crippen molar-refractivity contribution in [1.82, 2.24) is 4.90 Å².